The maximum Gasteiger partial charge on any atom is 0.306 e. The zero-order valence-corrected chi connectivity index (χ0v) is 11.0. The van der Waals surface area contributed by atoms with Crippen LogP contribution < -0.4 is 5.32 Å². The Labute approximate surface area is 119 Å². The number of carbonyl (C=O) groups is 1. The molecule has 0 atom stereocenters. The molecule has 0 saturated heterocycles. The molecule has 0 aliphatic rings. The number of anilines is 1. The summed E-state index contributed by atoms with van der Waals surface area (Å²) in [4.78, 5) is 21.4. The average Bonchev–Trinajstić information content (AvgIpc) is 2.84. The van der Waals surface area contributed by atoms with Gasteiger partial charge in [0.1, 0.15) is 11.5 Å². The van der Waals surface area contributed by atoms with Gasteiger partial charge in [0.25, 0.3) is 0 Å². The lowest BCUT2D eigenvalue weighted by Gasteiger charge is -2.02. The van der Waals surface area contributed by atoms with Gasteiger partial charge in [0.05, 0.1) is 4.92 Å². The van der Waals surface area contributed by atoms with Crippen molar-refractivity contribution in [3.63, 3.8) is 0 Å². The number of hydrogen-bond donors (Lipinski definition) is 1. The van der Waals surface area contributed by atoms with Crippen LogP contribution in [0.2, 0.25) is 0 Å². The minimum Gasteiger partial charge on any atom is -0.462 e. The molecule has 21 heavy (non-hydrogen) atoms. The zero-order chi connectivity index (χ0) is 15.4. The van der Waals surface area contributed by atoms with E-state index < -0.39 is 22.3 Å². The van der Waals surface area contributed by atoms with Gasteiger partial charge in [0, 0.05) is 17.8 Å². The van der Waals surface area contributed by atoms with Crippen LogP contribution in [-0.2, 0) is 4.79 Å². The highest BCUT2D eigenvalue weighted by molar-refractivity contribution is 6.01. The monoisotopic (exact) mass is 290 g/mol. The van der Waals surface area contributed by atoms with Gasteiger partial charge in [-0.05, 0) is 37.3 Å². The highest BCUT2D eigenvalue weighted by Crippen LogP contribution is 2.21. The number of hydrogen-bond acceptors (Lipinski definition) is 4. The molecule has 2 aromatic rings. The van der Waals surface area contributed by atoms with Crippen molar-refractivity contribution in [2.45, 2.75) is 6.92 Å². The number of furan rings is 1. The Balaban J connectivity index is 2.07. The molecule has 7 heteroatoms. The molecule has 0 spiro atoms. The Hall–Kier alpha value is -2.96. The van der Waals surface area contributed by atoms with Crippen LogP contribution >= 0.6 is 0 Å². The van der Waals surface area contributed by atoms with Gasteiger partial charge in [-0.25, -0.2) is 0 Å². The second-order valence-corrected chi connectivity index (χ2v) is 4.19. The lowest BCUT2D eigenvalue weighted by Crippen LogP contribution is -2.08. The molecule has 0 fully saturated rings. The maximum absolute atomic E-state index is 13.1. The molecular weight excluding hydrogens is 279 g/mol. The number of nitrogens with one attached hydrogen (secondary N) is 1. The zero-order valence-electron chi connectivity index (χ0n) is 11.0. The molecule has 0 aliphatic heterocycles. The van der Waals surface area contributed by atoms with E-state index in [0.29, 0.717) is 11.5 Å². The largest absolute Gasteiger partial charge is 0.462 e. The molecule has 1 aromatic carbocycles. The molecule has 108 valence electrons. The number of amides is 1. The molecular formula is C14H11FN2O4. The van der Waals surface area contributed by atoms with E-state index >= 15 is 0 Å². The molecule has 1 aromatic heterocycles. The maximum atomic E-state index is 13.1. The minimum absolute atomic E-state index is 0.133. The van der Waals surface area contributed by atoms with Crippen LogP contribution in [-0.4, -0.2) is 10.8 Å². The van der Waals surface area contributed by atoms with Crippen molar-refractivity contribution in [1.82, 2.24) is 0 Å². The van der Waals surface area contributed by atoms with Gasteiger partial charge >= 0.3 is 5.69 Å². The predicted octanol–water partition coefficient (Wildman–Crippen LogP) is 3.29. The summed E-state index contributed by atoms with van der Waals surface area (Å²) in [5.74, 6) is -0.249. The van der Waals surface area contributed by atoms with E-state index in [1.807, 2.05) is 0 Å². The second-order valence-electron chi connectivity index (χ2n) is 4.19. The Kier molecular flexibility index (Phi) is 4.13. The molecule has 6 nitrogen and oxygen atoms in total. The topological polar surface area (TPSA) is 85.4 Å². The third kappa shape index (κ3) is 3.75. The number of carbonyl (C=O) groups excluding carboxylic acids is 1. The van der Waals surface area contributed by atoms with Crippen molar-refractivity contribution in [3.05, 3.63) is 63.9 Å². The van der Waals surface area contributed by atoms with Gasteiger partial charge in [-0.1, -0.05) is 0 Å². The van der Waals surface area contributed by atoms with E-state index in [1.54, 1.807) is 19.1 Å². The Bertz CT molecular complexity index is 722. The number of nitro groups is 1. The number of rotatable bonds is 4. The van der Waals surface area contributed by atoms with E-state index in [1.165, 1.54) is 18.2 Å². The molecule has 0 unspecified atom stereocenters. The molecule has 1 N–H and O–H groups in total. The van der Waals surface area contributed by atoms with Gasteiger partial charge in [-0.2, -0.15) is 4.39 Å². The Morgan fingerprint density at radius 2 is 2.14 bits per heavy atom. The van der Waals surface area contributed by atoms with Crippen LogP contribution in [0, 0.1) is 22.9 Å². The summed E-state index contributed by atoms with van der Waals surface area (Å²) >= 11 is 0. The van der Waals surface area contributed by atoms with Crippen LogP contribution in [0.15, 0.2) is 40.8 Å². The fourth-order valence-corrected chi connectivity index (χ4v) is 1.62. The van der Waals surface area contributed by atoms with Gasteiger partial charge in [0.15, 0.2) is 0 Å². The molecule has 0 bridgehead atoms. The first-order valence-corrected chi connectivity index (χ1v) is 5.95. The van der Waals surface area contributed by atoms with Crippen molar-refractivity contribution in [2.24, 2.45) is 0 Å². The van der Waals surface area contributed by atoms with Gasteiger partial charge in [-0.15, -0.1) is 0 Å². The van der Waals surface area contributed by atoms with Crippen LogP contribution in [0.1, 0.15) is 11.5 Å². The van der Waals surface area contributed by atoms with Gasteiger partial charge < -0.3 is 9.73 Å². The first-order chi connectivity index (χ1) is 9.95. The number of aryl methyl sites for hydroxylation is 1. The summed E-state index contributed by atoms with van der Waals surface area (Å²) in [6.45, 7) is 1.77. The molecule has 2 rings (SSSR count). The Morgan fingerprint density at radius 1 is 1.38 bits per heavy atom. The molecule has 0 radical (unpaired) electrons. The van der Waals surface area contributed by atoms with Crippen LogP contribution in [0.25, 0.3) is 6.08 Å². The lowest BCUT2D eigenvalue weighted by atomic mass is 10.2. The number of nitro benzene ring substituents is 1. The number of nitrogens with zero attached hydrogens (tertiary/aromatic N) is 1. The molecule has 1 heterocycles. The van der Waals surface area contributed by atoms with Crippen molar-refractivity contribution >= 4 is 23.4 Å². The van der Waals surface area contributed by atoms with Crippen molar-refractivity contribution in [2.75, 3.05) is 5.32 Å². The fraction of sp³-hybridized carbons (Fsp3) is 0.0714. The summed E-state index contributed by atoms with van der Waals surface area (Å²) in [5.41, 5.74) is -0.563. The van der Waals surface area contributed by atoms with Crippen molar-refractivity contribution in [3.8, 4) is 0 Å². The van der Waals surface area contributed by atoms with Crippen LogP contribution in [0.5, 0.6) is 0 Å². The molecule has 0 aliphatic carbocycles. The first kappa shape index (κ1) is 14.4. The highest BCUT2D eigenvalue weighted by Gasteiger charge is 2.14. The third-order valence-corrected chi connectivity index (χ3v) is 2.57. The summed E-state index contributed by atoms with van der Waals surface area (Å²) in [6, 6.07) is 6.57. The summed E-state index contributed by atoms with van der Waals surface area (Å²) in [7, 11) is 0. The van der Waals surface area contributed by atoms with E-state index in [0.717, 1.165) is 12.1 Å². The highest BCUT2D eigenvalue weighted by atomic mass is 19.1. The second kappa shape index (κ2) is 6.00. The minimum atomic E-state index is -0.959. The van der Waals surface area contributed by atoms with Gasteiger partial charge in [-0.3, -0.25) is 14.9 Å². The molecule has 0 saturated carbocycles. The quantitative estimate of drug-likeness (QED) is 0.532. The van der Waals surface area contributed by atoms with E-state index in [4.69, 9.17) is 4.42 Å². The molecule has 1 amide bonds. The summed E-state index contributed by atoms with van der Waals surface area (Å²) in [6.07, 6.45) is 2.67. The third-order valence-electron chi connectivity index (χ3n) is 2.57. The normalized spacial score (nSPS) is 10.8. The summed E-state index contributed by atoms with van der Waals surface area (Å²) in [5, 5.41) is 13.0. The number of benzene rings is 1. The average molecular weight is 290 g/mol. The summed E-state index contributed by atoms with van der Waals surface area (Å²) < 4.78 is 18.4. The first-order valence-electron chi connectivity index (χ1n) is 5.95. The van der Waals surface area contributed by atoms with Gasteiger partial charge in [0.2, 0.25) is 11.7 Å². The lowest BCUT2D eigenvalue weighted by molar-refractivity contribution is -0.387. The van der Waals surface area contributed by atoms with Crippen LogP contribution in [0.3, 0.4) is 0 Å². The van der Waals surface area contributed by atoms with E-state index in [2.05, 4.69) is 5.32 Å². The van der Waals surface area contributed by atoms with Crippen molar-refractivity contribution in [1.29, 1.82) is 0 Å². The SMILES string of the molecule is Cc1ccc(/C=C\C(=O)Nc2ccc(F)c([N+](=O)[O-])c2)o1. The predicted molar refractivity (Wildman–Crippen MR) is 74.2 cm³/mol. The van der Waals surface area contributed by atoms with E-state index in [-0.39, 0.29) is 5.69 Å². The van der Waals surface area contributed by atoms with Crippen LogP contribution in [0.4, 0.5) is 15.8 Å². The fourth-order valence-electron chi connectivity index (χ4n) is 1.62. The number of halogens is 1. The van der Waals surface area contributed by atoms with E-state index in [9.17, 15) is 19.3 Å². The Morgan fingerprint density at radius 3 is 2.76 bits per heavy atom. The standard InChI is InChI=1S/C14H11FN2O4/c1-9-2-4-11(21-9)5-7-14(18)16-10-3-6-12(15)13(8-10)17(19)20/h2-8H,1H3,(H,16,18)/b7-5-. The van der Waals surface area contributed by atoms with Crippen molar-refractivity contribution < 1.29 is 18.5 Å². The smallest absolute Gasteiger partial charge is 0.306 e.